The van der Waals surface area contributed by atoms with Crippen LogP contribution < -0.4 is 5.32 Å². The van der Waals surface area contributed by atoms with E-state index in [0.717, 1.165) is 89.9 Å². The minimum atomic E-state index is -0.792. The molecule has 0 heterocycles. The predicted octanol–water partition coefficient (Wildman–Crippen LogP) is 16.6. The Morgan fingerprint density at radius 1 is 0.476 bits per heavy atom. The number of aliphatic hydroxyl groups excluding tert-OH is 2. The fraction of sp³-hybridized carbons (Fsp3) is 0.825. The van der Waals surface area contributed by atoms with Crippen molar-refractivity contribution in [2.24, 2.45) is 0 Å². The Labute approximate surface area is 391 Å². The summed E-state index contributed by atoms with van der Waals surface area (Å²) in [6.07, 6.45) is 61.7. The molecule has 0 saturated carbocycles. The van der Waals surface area contributed by atoms with Crippen LogP contribution in [-0.2, 0) is 14.3 Å². The summed E-state index contributed by atoms with van der Waals surface area (Å²) < 4.78 is 5.94. The van der Waals surface area contributed by atoms with E-state index >= 15 is 0 Å². The van der Waals surface area contributed by atoms with Crippen molar-refractivity contribution in [3.63, 3.8) is 0 Å². The number of hydrogen-bond acceptors (Lipinski definition) is 5. The van der Waals surface area contributed by atoms with Gasteiger partial charge < -0.3 is 20.3 Å². The second-order valence-corrected chi connectivity index (χ2v) is 18.6. The third-order valence-corrected chi connectivity index (χ3v) is 12.4. The molecule has 6 heteroatoms. The van der Waals surface area contributed by atoms with Crippen molar-refractivity contribution in [3.05, 3.63) is 48.6 Å². The number of hydrogen-bond donors (Lipinski definition) is 3. The molecule has 3 unspecified atom stereocenters. The van der Waals surface area contributed by atoms with E-state index in [1.54, 1.807) is 0 Å². The second kappa shape index (κ2) is 50.8. The lowest BCUT2D eigenvalue weighted by Gasteiger charge is -2.24. The Kier molecular flexibility index (Phi) is 49.1. The first kappa shape index (κ1) is 60.8. The molecule has 0 aromatic carbocycles. The molecule has 0 aliphatic heterocycles. The Morgan fingerprint density at radius 3 is 1.33 bits per heavy atom. The summed E-state index contributed by atoms with van der Waals surface area (Å²) in [6, 6.07) is -0.706. The van der Waals surface area contributed by atoms with E-state index in [0.29, 0.717) is 19.3 Å². The highest BCUT2D eigenvalue weighted by Crippen LogP contribution is 2.18. The topological polar surface area (TPSA) is 95.9 Å². The maximum absolute atomic E-state index is 13.2. The maximum atomic E-state index is 13.2. The molecule has 0 spiro atoms. The number of allylic oxidation sites excluding steroid dienone is 8. The van der Waals surface area contributed by atoms with Gasteiger partial charge in [-0.3, -0.25) is 9.59 Å². The Bertz CT molecular complexity index is 1080. The predicted molar refractivity (Wildman–Crippen MR) is 273 cm³/mol. The summed E-state index contributed by atoms with van der Waals surface area (Å²) in [5.41, 5.74) is 0. The van der Waals surface area contributed by atoms with Gasteiger partial charge >= 0.3 is 5.97 Å². The number of carbonyl (C=O) groups excluding carboxylic acids is 2. The zero-order chi connectivity index (χ0) is 45.9. The van der Waals surface area contributed by atoms with E-state index in [-0.39, 0.29) is 24.9 Å². The average Bonchev–Trinajstić information content (AvgIpc) is 3.28. The molecule has 0 saturated heterocycles. The standard InChI is InChI=1S/C57H105NO5/c1-4-7-10-13-16-19-22-25-27-29-32-35-38-41-44-47-50-57(62)63-53(48-45-42-39-36-33-30-24-21-18-15-12-9-6-3)51-56(61)58-54(52-59)55(60)49-46-43-40-37-34-31-28-26-23-20-17-14-11-8-5-2/h7,10,16,19,21,24-25,27,53-55,59-60H,4-6,8-9,11-15,17-18,20,22-23,26,28-52H2,1-3H3,(H,58,61)/b10-7+,19-16+,24-21-,27-25+. The SMILES string of the molecule is CC/C=C/C/C=C/C/C=C/CCCCCCCCC(=O)OC(CCCCCCC/C=C\CCCCCC)CC(=O)NC(CO)C(O)CCCCCCCCCCCCCCCCC. The Hall–Kier alpha value is -2.18. The average molecular weight is 884 g/mol. The highest BCUT2D eigenvalue weighted by molar-refractivity contribution is 5.77. The zero-order valence-electron chi connectivity index (χ0n) is 42.0. The molecule has 63 heavy (non-hydrogen) atoms. The number of nitrogens with one attached hydrogen (secondary N) is 1. The molecule has 0 aromatic rings. The maximum Gasteiger partial charge on any atom is 0.306 e. The number of carbonyl (C=O) groups is 2. The number of rotatable bonds is 49. The van der Waals surface area contributed by atoms with Crippen molar-refractivity contribution >= 4 is 11.9 Å². The fourth-order valence-corrected chi connectivity index (χ4v) is 8.26. The van der Waals surface area contributed by atoms with Gasteiger partial charge in [0.2, 0.25) is 5.91 Å². The van der Waals surface area contributed by atoms with E-state index in [9.17, 15) is 19.8 Å². The fourth-order valence-electron chi connectivity index (χ4n) is 8.26. The van der Waals surface area contributed by atoms with Crippen LogP contribution in [0.2, 0.25) is 0 Å². The second-order valence-electron chi connectivity index (χ2n) is 18.6. The third kappa shape index (κ3) is 46.2. The summed E-state index contributed by atoms with van der Waals surface area (Å²) in [5, 5.41) is 23.8. The van der Waals surface area contributed by atoms with Crippen molar-refractivity contribution in [1.29, 1.82) is 0 Å². The zero-order valence-corrected chi connectivity index (χ0v) is 42.0. The van der Waals surface area contributed by atoms with Crippen LogP contribution >= 0.6 is 0 Å². The molecule has 0 aliphatic rings. The van der Waals surface area contributed by atoms with Crippen LogP contribution in [0.5, 0.6) is 0 Å². The van der Waals surface area contributed by atoms with Crippen LogP contribution in [0.25, 0.3) is 0 Å². The summed E-state index contributed by atoms with van der Waals surface area (Å²) in [7, 11) is 0. The van der Waals surface area contributed by atoms with Crippen LogP contribution in [0.1, 0.15) is 278 Å². The van der Waals surface area contributed by atoms with Gasteiger partial charge in [-0.2, -0.15) is 0 Å². The number of unbranched alkanes of at least 4 members (excludes halogenated alkanes) is 29. The van der Waals surface area contributed by atoms with Gasteiger partial charge in [0.15, 0.2) is 0 Å². The van der Waals surface area contributed by atoms with Crippen molar-refractivity contribution in [2.75, 3.05) is 6.61 Å². The first-order valence-corrected chi connectivity index (χ1v) is 27.4. The van der Waals surface area contributed by atoms with Crippen LogP contribution in [0.4, 0.5) is 0 Å². The number of esters is 1. The minimum absolute atomic E-state index is 0.0675. The first-order chi connectivity index (χ1) is 31.0. The molecule has 3 N–H and O–H groups in total. The number of ether oxygens (including phenoxy) is 1. The molecule has 3 atom stereocenters. The van der Waals surface area contributed by atoms with Gasteiger partial charge in [0.25, 0.3) is 0 Å². The molecule has 0 radical (unpaired) electrons. The smallest absolute Gasteiger partial charge is 0.306 e. The van der Waals surface area contributed by atoms with Crippen molar-refractivity contribution in [3.8, 4) is 0 Å². The highest BCUT2D eigenvalue weighted by Gasteiger charge is 2.24. The summed E-state index contributed by atoms with van der Waals surface area (Å²) >= 11 is 0. The van der Waals surface area contributed by atoms with Crippen molar-refractivity contribution in [1.82, 2.24) is 5.32 Å². The van der Waals surface area contributed by atoms with Crippen molar-refractivity contribution < 1.29 is 24.5 Å². The monoisotopic (exact) mass is 884 g/mol. The van der Waals surface area contributed by atoms with Crippen LogP contribution in [0.3, 0.4) is 0 Å². The minimum Gasteiger partial charge on any atom is -0.462 e. The molecule has 6 nitrogen and oxygen atoms in total. The quantitative estimate of drug-likeness (QED) is 0.0321. The molecule has 1 amide bonds. The van der Waals surface area contributed by atoms with Gasteiger partial charge in [0.05, 0.1) is 25.2 Å². The van der Waals surface area contributed by atoms with Crippen molar-refractivity contribution in [2.45, 2.75) is 296 Å². The molecule has 0 aliphatic carbocycles. The third-order valence-electron chi connectivity index (χ3n) is 12.4. The van der Waals surface area contributed by atoms with Gasteiger partial charge in [-0.15, -0.1) is 0 Å². The van der Waals surface area contributed by atoms with Gasteiger partial charge in [-0.25, -0.2) is 0 Å². The molecule has 368 valence electrons. The first-order valence-electron chi connectivity index (χ1n) is 27.4. The van der Waals surface area contributed by atoms with E-state index in [1.807, 2.05) is 0 Å². The van der Waals surface area contributed by atoms with Crippen LogP contribution in [0.15, 0.2) is 48.6 Å². The molecule has 0 rings (SSSR count). The van der Waals surface area contributed by atoms with Crippen LogP contribution in [0, 0.1) is 0 Å². The number of amides is 1. The summed E-state index contributed by atoms with van der Waals surface area (Å²) in [4.78, 5) is 26.2. The van der Waals surface area contributed by atoms with Gasteiger partial charge in [-0.1, -0.05) is 230 Å². The largest absolute Gasteiger partial charge is 0.462 e. The van der Waals surface area contributed by atoms with E-state index in [1.165, 1.54) is 141 Å². The van der Waals surface area contributed by atoms with E-state index in [4.69, 9.17) is 4.74 Å². The van der Waals surface area contributed by atoms with Gasteiger partial charge in [-0.05, 0) is 83.5 Å². The van der Waals surface area contributed by atoms with E-state index in [2.05, 4.69) is 74.7 Å². The van der Waals surface area contributed by atoms with Gasteiger partial charge in [0, 0.05) is 6.42 Å². The summed E-state index contributed by atoms with van der Waals surface area (Å²) in [6.45, 7) is 6.37. The Balaban J connectivity index is 4.56. The lowest BCUT2D eigenvalue weighted by molar-refractivity contribution is -0.151. The van der Waals surface area contributed by atoms with E-state index < -0.39 is 18.2 Å². The lowest BCUT2D eigenvalue weighted by atomic mass is 10.0. The normalized spacial score (nSPS) is 13.5. The molecule has 0 fully saturated rings. The highest BCUT2D eigenvalue weighted by atomic mass is 16.5. The molecule has 0 bridgehead atoms. The van der Waals surface area contributed by atoms with Crippen LogP contribution in [-0.4, -0.2) is 46.9 Å². The molecular weight excluding hydrogens is 779 g/mol. The number of aliphatic hydroxyl groups is 2. The van der Waals surface area contributed by atoms with Gasteiger partial charge in [0.1, 0.15) is 6.10 Å². The lowest BCUT2D eigenvalue weighted by Crippen LogP contribution is -2.46. The summed E-state index contributed by atoms with van der Waals surface area (Å²) in [5.74, 6) is -0.489. The molecule has 0 aromatic heterocycles. The molecular formula is C57H105NO5. The Morgan fingerprint density at radius 2 is 0.857 bits per heavy atom.